The van der Waals surface area contributed by atoms with E-state index in [1.54, 1.807) is 7.11 Å². The van der Waals surface area contributed by atoms with Crippen LogP contribution in [-0.2, 0) is 5.75 Å². The molecule has 0 aliphatic carbocycles. The summed E-state index contributed by atoms with van der Waals surface area (Å²) >= 11 is 7.55. The first kappa shape index (κ1) is 8.94. The maximum absolute atomic E-state index is 5.07. The second-order valence-corrected chi connectivity index (χ2v) is 3.39. The fourth-order valence-electron chi connectivity index (χ4n) is 0.830. The van der Waals surface area contributed by atoms with Crippen LogP contribution in [0.4, 0.5) is 0 Å². The molecule has 0 saturated heterocycles. The Bertz CT molecular complexity index is 228. The number of hydrogen-bond donors (Lipinski definition) is 1. The van der Waals surface area contributed by atoms with Crippen LogP contribution in [-0.4, -0.2) is 7.11 Å². The lowest BCUT2D eigenvalue weighted by Crippen LogP contribution is -1.85. The van der Waals surface area contributed by atoms with E-state index in [1.807, 2.05) is 18.2 Å². The van der Waals surface area contributed by atoms with Crippen molar-refractivity contribution in [1.29, 1.82) is 0 Å². The Kier molecular flexibility index (Phi) is 3.27. The second kappa shape index (κ2) is 4.02. The van der Waals surface area contributed by atoms with Gasteiger partial charge in [0, 0.05) is 10.2 Å². The molecule has 0 atom stereocenters. The summed E-state index contributed by atoms with van der Waals surface area (Å²) in [6, 6.07) is 5.92. The van der Waals surface area contributed by atoms with Crippen LogP contribution in [0.2, 0.25) is 0 Å². The zero-order valence-corrected chi connectivity index (χ0v) is 8.65. The Morgan fingerprint density at radius 2 is 2.18 bits per heavy atom. The smallest absolute Gasteiger partial charge is 0.120 e. The number of halogens is 1. The lowest BCUT2D eigenvalue weighted by molar-refractivity contribution is 0.414. The van der Waals surface area contributed by atoms with E-state index >= 15 is 0 Å². The molecule has 0 N–H and O–H groups in total. The largest absolute Gasteiger partial charge is 0.497 e. The summed E-state index contributed by atoms with van der Waals surface area (Å²) in [5.41, 5.74) is 1.15. The molecule has 1 rings (SSSR count). The van der Waals surface area contributed by atoms with Gasteiger partial charge in [0.05, 0.1) is 7.11 Å². The highest BCUT2D eigenvalue weighted by atomic mass is 79.9. The van der Waals surface area contributed by atoms with E-state index < -0.39 is 0 Å². The van der Waals surface area contributed by atoms with E-state index in [0.717, 1.165) is 21.5 Å². The zero-order valence-electron chi connectivity index (χ0n) is 6.17. The molecule has 3 heteroatoms. The van der Waals surface area contributed by atoms with Gasteiger partial charge in [-0.3, -0.25) is 0 Å². The van der Waals surface area contributed by atoms with Gasteiger partial charge in [-0.15, -0.1) is 0 Å². The van der Waals surface area contributed by atoms with Crippen LogP contribution in [0.5, 0.6) is 5.75 Å². The van der Waals surface area contributed by atoms with Gasteiger partial charge in [-0.05, 0) is 23.8 Å². The molecule has 0 spiro atoms. The van der Waals surface area contributed by atoms with Crippen LogP contribution in [0, 0.1) is 0 Å². The molecular weight excluding hydrogens is 224 g/mol. The first-order chi connectivity index (χ1) is 5.26. The van der Waals surface area contributed by atoms with E-state index in [-0.39, 0.29) is 0 Å². The summed E-state index contributed by atoms with van der Waals surface area (Å²) in [4.78, 5) is 0. The van der Waals surface area contributed by atoms with Crippen molar-refractivity contribution in [2.24, 2.45) is 0 Å². The van der Waals surface area contributed by atoms with Gasteiger partial charge >= 0.3 is 0 Å². The molecule has 0 aliphatic heterocycles. The van der Waals surface area contributed by atoms with Crippen molar-refractivity contribution in [3.63, 3.8) is 0 Å². The van der Waals surface area contributed by atoms with Crippen molar-refractivity contribution in [3.8, 4) is 5.75 Å². The van der Waals surface area contributed by atoms with Gasteiger partial charge in [-0.25, -0.2) is 0 Å². The fourth-order valence-corrected chi connectivity index (χ4v) is 1.53. The lowest BCUT2D eigenvalue weighted by Gasteiger charge is -2.02. The predicted molar refractivity (Wildman–Crippen MR) is 53.4 cm³/mol. The minimum Gasteiger partial charge on any atom is -0.497 e. The fraction of sp³-hybridized carbons (Fsp3) is 0.250. The molecule has 0 fully saturated rings. The SMILES string of the molecule is COc1cc(Br)cc(CS)c1. The van der Waals surface area contributed by atoms with Gasteiger partial charge in [-0.2, -0.15) is 12.6 Å². The highest BCUT2D eigenvalue weighted by Crippen LogP contribution is 2.21. The Hall–Kier alpha value is -0.150. The molecule has 0 aromatic heterocycles. The summed E-state index contributed by atoms with van der Waals surface area (Å²) in [5.74, 6) is 1.60. The standard InChI is InChI=1S/C8H9BrOS/c1-10-8-3-6(5-11)2-7(9)4-8/h2-4,11H,5H2,1H3. The topological polar surface area (TPSA) is 9.23 Å². The summed E-state index contributed by atoms with van der Waals surface area (Å²) < 4.78 is 6.10. The average Bonchev–Trinajstić information content (AvgIpc) is 2.03. The van der Waals surface area contributed by atoms with E-state index in [1.165, 1.54) is 0 Å². The molecule has 0 bridgehead atoms. The molecule has 0 saturated carbocycles. The quantitative estimate of drug-likeness (QED) is 0.772. The lowest BCUT2D eigenvalue weighted by atomic mass is 10.2. The number of ether oxygens (including phenoxy) is 1. The van der Waals surface area contributed by atoms with Crippen LogP contribution in [0.25, 0.3) is 0 Å². The number of methoxy groups -OCH3 is 1. The van der Waals surface area contributed by atoms with E-state index in [2.05, 4.69) is 28.6 Å². The highest BCUT2D eigenvalue weighted by Gasteiger charge is 1.96. The van der Waals surface area contributed by atoms with Gasteiger partial charge < -0.3 is 4.74 Å². The normalized spacial score (nSPS) is 9.73. The molecule has 11 heavy (non-hydrogen) atoms. The van der Waals surface area contributed by atoms with Crippen molar-refractivity contribution < 1.29 is 4.74 Å². The van der Waals surface area contributed by atoms with Crippen LogP contribution in [0.3, 0.4) is 0 Å². The zero-order chi connectivity index (χ0) is 8.27. The predicted octanol–water partition coefficient (Wildman–Crippen LogP) is 2.89. The third-order valence-corrected chi connectivity index (χ3v) is 2.17. The van der Waals surface area contributed by atoms with Gasteiger partial charge in [0.25, 0.3) is 0 Å². The Labute approximate surface area is 80.3 Å². The number of hydrogen-bond acceptors (Lipinski definition) is 2. The summed E-state index contributed by atoms with van der Waals surface area (Å²) in [6.07, 6.45) is 0. The molecule has 0 radical (unpaired) electrons. The van der Waals surface area contributed by atoms with Gasteiger partial charge in [0.2, 0.25) is 0 Å². The summed E-state index contributed by atoms with van der Waals surface area (Å²) in [5, 5.41) is 0. The number of thiol groups is 1. The van der Waals surface area contributed by atoms with Crippen molar-refractivity contribution in [1.82, 2.24) is 0 Å². The minimum absolute atomic E-state index is 0.732. The Balaban J connectivity index is 3.02. The van der Waals surface area contributed by atoms with Crippen molar-refractivity contribution >= 4 is 28.6 Å². The van der Waals surface area contributed by atoms with Crippen LogP contribution >= 0.6 is 28.6 Å². The van der Waals surface area contributed by atoms with Gasteiger partial charge in [0.1, 0.15) is 5.75 Å². The van der Waals surface area contributed by atoms with Crippen LogP contribution in [0.1, 0.15) is 5.56 Å². The van der Waals surface area contributed by atoms with Crippen molar-refractivity contribution in [3.05, 3.63) is 28.2 Å². The van der Waals surface area contributed by atoms with Gasteiger partial charge in [-0.1, -0.05) is 15.9 Å². The molecule has 1 aromatic carbocycles. The second-order valence-electron chi connectivity index (χ2n) is 2.16. The summed E-state index contributed by atoms with van der Waals surface area (Å²) in [6.45, 7) is 0. The van der Waals surface area contributed by atoms with Crippen LogP contribution < -0.4 is 4.74 Å². The minimum atomic E-state index is 0.732. The van der Waals surface area contributed by atoms with Gasteiger partial charge in [0.15, 0.2) is 0 Å². The van der Waals surface area contributed by atoms with Crippen molar-refractivity contribution in [2.75, 3.05) is 7.11 Å². The average molecular weight is 233 g/mol. The Morgan fingerprint density at radius 3 is 2.73 bits per heavy atom. The first-order valence-electron chi connectivity index (χ1n) is 3.20. The third kappa shape index (κ3) is 2.42. The molecule has 1 nitrogen and oxygen atoms in total. The third-order valence-electron chi connectivity index (χ3n) is 1.35. The molecule has 1 aromatic rings. The summed E-state index contributed by atoms with van der Waals surface area (Å²) in [7, 11) is 1.66. The maximum atomic E-state index is 5.07. The molecule has 0 amide bonds. The molecule has 0 aliphatic rings. The monoisotopic (exact) mass is 232 g/mol. The van der Waals surface area contributed by atoms with E-state index in [9.17, 15) is 0 Å². The first-order valence-corrected chi connectivity index (χ1v) is 4.63. The molecule has 0 heterocycles. The van der Waals surface area contributed by atoms with E-state index in [4.69, 9.17) is 4.74 Å². The van der Waals surface area contributed by atoms with Crippen molar-refractivity contribution in [2.45, 2.75) is 5.75 Å². The van der Waals surface area contributed by atoms with Crippen LogP contribution in [0.15, 0.2) is 22.7 Å². The number of benzene rings is 1. The highest BCUT2D eigenvalue weighted by molar-refractivity contribution is 9.10. The molecular formula is C8H9BrOS. The van der Waals surface area contributed by atoms with E-state index in [0.29, 0.717) is 0 Å². The number of rotatable bonds is 2. The molecule has 60 valence electrons. The maximum Gasteiger partial charge on any atom is 0.120 e. The Morgan fingerprint density at radius 1 is 1.45 bits per heavy atom. The molecule has 0 unspecified atom stereocenters.